The molecule has 4 heteroatoms. The van der Waals surface area contributed by atoms with Crippen LogP contribution in [0.1, 0.15) is 22.6 Å². The maximum atomic E-state index is 10.8. The lowest BCUT2D eigenvalue weighted by Gasteiger charge is -1.98. The molecule has 0 spiro atoms. The van der Waals surface area contributed by atoms with Gasteiger partial charge in [-0.25, -0.2) is 9.78 Å². The first-order valence-corrected chi connectivity index (χ1v) is 4.98. The minimum atomic E-state index is -0.898. The molecule has 1 aromatic carbocycles. The first-order chi connectivity index (χ1) is 7.25. The number of hydrogen-bond acceptors (Lipinski definition) is 2. The molecule has 0 bridgehead atoms. The molecular weight excluding hydrogens is 192 g/mol. The molecule has 2 heterocycles. The Labute approximate surface area is 86.2 Å². The average Bonchev–Trinajstić information content (AvgIpc) is 2.75. The molecule has 3 rings (SSSR count). The molecule has 0 unspecified atom stereocenters. The summed E-state index contributed by atoms with van der Waals surface area (Å²) in [6.45, 7) is 0.998. The van der Waals surface area contributed by atoms with Gasteiger partial charge < -0.3 is 9.67 Å². The highest BCUT2D eigenvalue weighted by Crippen LogP contribution is 2.23. The predicted octanol–water partition coefficient (Wildman–Crippen LogP) is 1.68. The number of aromatic nitrogens is 2. The Morgan fingerprint density at radius 3 is 3.13 bits per heavy atom. The number of hydrogen-bond donors (Lipinski definition) is 1. The van der Waals surface area contributed by atoms with Crippen LogP contribution in [0.3, 0.4) is 0 Å². The van der Waals surface area contributed by atoms with E-state index in [1.54, 1.807) is 12.1 Å². The van der Waals surface area contributed by atoms with Crippen LogP contribution in [0.2, 0.25) is 0 Å². The number of rotatable bonds is 1. The topological polar surface area (TPSA) is 55.1 Å². The highest BCUT2D eigenvalue weighted by molar-refractivity contribution is 5.92. The zero-order valence-electron chi connectivity index (χ0n) is 8.10. The zero-order chi connectivity index (χ0) is 10.4. The van der Waals surface area contributed by atoms with Crippen molar-refractivity contribution in [3.63, 3.8) is 0 Å². The lowest BCUT2D eigenvalue weighted by atomic mass is 10.2. The van der Waals surface area contributed by atoms with Crippen LogP contribution >= 0.6 is 0 Å². The summed E-state index contributed by atoms with van der Waals surface area (Å²) >= 11 is 0. The number of carbonyl (C=O) groups is 1. The summed E-state index contributed by atoms with van der Waals surface area (Å²) in [7, 11) is 0. The van der Waals surface area contributed by atoms with Crippen LogP contribution in [0.25, 0.3) is 11.0 Å². The van der Waals surface area contributed by atoms with E-state index in [1.807, 2.05) is 6.07 Å². The number of fused-ring (bicyclic) bond motifs is 3. The average molecular weight is 202 g/mol. The molecule has 1 aliphatic heterocycles. The Morgan fingerprint density at radius 1 is 1.47 bits per heavy atom. The molecule has 0 saturated carbocycles. The SMILES string of the molecule is O=C(O)c1ccc2c(c1)nc1n2CCC1. The molecule has 4 nitrogen and oxygen atoms in total. The maximum Gasteiger partial charge on any atom is 0.335 e. The molecule has 0 atom stereocenters. The highest BCUT2D eigenvalue weighted by Gasteiger charge is 2.16. The van der Waals surface area contributed by atoms with Crippen molar-refractivity contribution < 1.29 is 9.90 Å². The fraction of sp³-hybridized carbons (Fsp3) is 0.273. The minimum Gasteiger partial charge on any atom is -0.478 e. The molecule has 15 heavy (non-hydrogen) atoms. The van der Waals surface area contributed by atoms with E-state index >= 15 is 0 Å². The molecule has 0 aliphatic carbocycles. The zero-order valence-corrected chi connectivity index (χ0v) is 8.10. The van der Waals surface area contributed by atoms with Crippen LogP contribution in [0, 0.1) is 0 Å². The van der Waals surface area contributed by atoms with E-state index in [1.165, 1.54) is 0 Å². The Bertz CT molecular complexity index is 557. The number of nitrogens with zero attached hydrogens (tertiary/aromatic N) is 2. The molecule has 0 fully saturated rings. The summed E-state index contributed by atoms with van der Waals surface area (Å²) in [5.41, 5.74) is 2.15. The minimum absolute atomic E-state index is 0.305. The van der Waals surface area contributed by atoms with Crippen LogP contribution in [0.4, 0.5) is 0 Å². The second-order valence-corrected chi connectivity index (χ2v) is 3.79. The first-order valence-electron chi connectivity index (χ1n) is 4.98. The molecule has 0 radical (unpaired) electrons. The van der Waals surface area contributed by atoms with Gasteiger partial charge in [-0.3, -0.25) is 0 Å². The summed E-state index contributed by atoms with van der Waals surface area (Å²) < 4.78 is 2.17. The summed E-state index contributed by atoms with van der Waals surface area (Å²) in [6.07, 6.45) is 2.13. The summed E-state index contributed by atoms with van der Waals surface area (Å²) in [5.74, 6) is 0.178. The Balaban J connectivity index is 2.26. The van der Waals surface area contributed by atoms with E-state index in [4.69, 9.17) is 5.11 Å². The summed E-state index contributed by atoms with van der Waals surface area (Å²) in [6, 6.07) is 5.13. The van der Waals surface area contributed by atoms with Crippen molar-refractivity contribution in [3.8, 4) is 0 Å². The standard InChI is InChI=1S/C11H10N2O2/c14-11(15)7-3-4-9-8(6-7)12-10-2-1-5-13(9)10/h3-4,6H,1-2,5H2,(H,14,15). The number of benzene rings is 1. The van der Waals surface area contributed by atoms with Gasteiger partial charge in [0, 0.05) is 13.0 Å². The third kappa shape index (κ3) is 1.14. The van der Waals surface area contributed by atoms with Crippen LogP contribution in [-0.2, 0) is 13.0 Å². The van der Waals surface area contributed by atoms with Gasteiger partial charge in [0.05, 0.1) is 16.6 Å². The van der Waals surface area contributed by atoms with Crippen molar-refractivity contribution in [2.45, 2.75) is 19.4 Å². The van der Waals surface area contributed by atoms with Crippen molar-refractivity contribution >= 4 is 17.0 Å². The van der Waals surface area contributed by atoms with E-state index < -0.39 is 5.97 Å². The fourth-order valence-electron chi connectivity index (χ4n) is 2.15. The van der Waals surface area contributed by atoms with E-state index in [0.29, 0.717) is 5.56 Å². The second kappa shape index (κ2) is 2.82. The molecule has 76 valence electrons. The van der Waals surface area contributed by atoms with Crippen molar-refractivity contribution in [1.82, 2.24) is 9.55 Å². The van der Waals surface area contributed by atoms with Gasteiger partial charge in [0.2, 0.25) is 0 Å². The monoisotopic (exact) mass is 202 g/mol. The van der Waals surface area contributed by atoms with Gasteiger partial charge in [-0.2, -0.15) is 0 Å². The lowest BCUT2D eigenvalue weighted by molar-refractivity contribution is 0.0697. The van der Waals surface area contributed by atoms with Gasteiger partial charge in [0.25, 0.3) is 0 Å². The Kier molecular flexibility index (Phi) is 1.59. The van der Waals surface area contributed by atoms with E-state index in [9.17, 15) is 4.79 Å². The lowest BCUT2D eigenvalue weighted by Crippen LogP contribution is -1.96. The normalized spacial score (nSPS) is 14.4. The van der Waals surface area contributed by atoms with Gasteiger partial charge in [0.1, 0.15) is 5.82 Å². The first kappa shape index (κ1) is 8.47. The molecule has 0 saturated heterocycles. The van der Waals surface area contributed by atoms with Crippen LogP contribution in [-0.4, -0.2) is 20.6 Å². The molecule has 1 N–H and O–H groups in total. The summed E-state index contributed by atoms with van der Waals surface area (Å²) in [5, 5.41) is 8.86. The van der Waals surface area contributed by atoms with Gasteiger partial charge >= 0.3 is 5.97 Å². The fourth-order valence-corrected chi connectivity index (χ4v) is 2.15. The molecule has 1 aliphatic rings. The Morgan fingerprint density at radius 2 is 2.33 bits per heavy atom. The molecule has 1 aromatic heterocycles. The maximum absolute atomic E-state index is 10.8. The van der Waals surface area contributed by atoms with Gasteiger partial charge in [-0.15, -0.1) is 0 Å². The molecule has 0 amide bonds. The number of carboxylic acids is 1. The van der Waals surface area contributed by atoms with Crippen molar-refractivity contribution in [3.05, 3.63) is 29.6 Å². The second-order valence-electron chi connectivity index (χ2n) is 3.79. The van der Waals surface area contributed by atoms with Crippen molar-refractivity contribution in [1.29, 1.82) is 0 Å². The Hall–Kier alpha value is -1.84. The number of imidazole rings is 1. The van der Waals surface area contributed by atoms with Crippen molar-refractivity contribution in [2.24, 2.45) is 0 Å². The quantitative estimate of drug-likeness (QED) is 0.765. The van der Waals surface area contributed by atoms with Crippen molar-refractivity contribution in [2.75, 3.05) is 0 Å². The highest BCUT2D eigenvalue weighted by atomic mass is 16.4. The van der Waals surface area contributed by atoms with Gasteiger partial charge in [-0.1, -0.05) is 0 Å². The van der Waals surface area contributed by atoms with Gasteiger partial charge in [0.15, 0.2) is 0 Å². The van der Waals surface area contributed by atoms with E-state index in [-0.39, 0.29) is 0 Å². The summed E-state index contributed by atoms with van der Waals surface area (Å²) in [4.78, 5) is 15.2. The van der Waals surface area contributed by atoms with Crippen LogP contribution in [0.5, 0.6) is 0 Å². The van der Waals surface area contributed by atoms with Crippen LogP contribution in [0.15, 0.2) is 18.2 Å². The van der Waals surface area contributed by atoms with Crippen LogP contribution < -0.4 is 0 Å². The van der Waals surface area contributed by atoms with Gasteiger partial charge in [-0.05, 0) is 24.6 Å². The number of carboxylic acid groups (broad SMARTS) is 1. The van der Waals surface area contributed by atoms with E-state index in [2.05, 4.69) is 9.55 Å². The predicted molar refractivity (Wildman–Crippen MR) is 55.0 cm³/mol. The molecule has 2 aromatic rings. The number of aryl methyl sites for hydroxylation is 2. The third-order valence-electron chi connectivity index (χ3n) is 2.86. The smallest absolute Gasteiger partial charge is 0.335 e. The number of aromatic carboxylic acids is 1. The largest absolute Gasteiger partial charge is 0.478 e. The third-order valence-corrected chi connectivity index (χ3v) is 2.86. The van der Waals surface area contributed by atoms with E-state index in [0.717, 1.165) is 36.2 Å². The molecular formula is C11H10N2O2.